The molecule has 0 unspecified atom stereocenters. The molecule has 4 rings (SSSR count). The molecule has 1 fully saturated rings. The summed E-state index contributed by atoms with van der Waals surface area (Å²) in [5.74, 6) is 0.826. The summed E-state index contributed by atoms with van der Waals surface area (Å²) in [5.41, 5.74) is 1.91. The minimum atomic E-state index is -0.227. The molecule has 7 heteroatoms. The minimum absolute atomic E-state index is 0.151. The van der Waals surface area contributed by atoms with Gasteiger partial charge in [0.15, 0.2) is 5.65 Å². The Morgan fingerprint density at radius 3 is 3.00 bits per heavy atom. The molecular weight excluding hydrogens is 284 g/mol. The number of hydrogen-bond acceptors (Lipinski definition) is 5. The highest BCUT2D eigenvalue weighted by molar-refractivity contribution is 6.00. The number of rotatable bonds is 3. The van der Waals surface area contributed by atoms with Gasteiger partial charge in [-0.2, -0.15) is 4.98 Å². The number of pyridine rings is 2. The van der Waals surface area contributed by atoms with Gasteiger partial charge in [0, 0.05) is 18.0 Å². The summed E-state index contributed by atoms with van der Waals surface area (Å²) in [6.45, 7) is 0.598. The largest absolute Gasteiger partial charge is 0.481 e. The zero-order valence-electron chi connectivity index (χ0n) is 12.1. The smallest absolute Gasteiger partial charge is 0.326 e. The van der Waals surface area contributed by atoms with Gasteiger partial charge in [0.1, 0.15) is 0 Å². The van der Waals surface area contributed by atoms with Crippen molar-refractivity contribution in [2.45, 2.75) is 25.5 Å². The average molecular weight is 300 g/mol. The van der Waals surface area contributed by atoms with Gasteiger partial charge in [-0.05, 0) is 24.8 Å². The van der Waals surface area contributed by atoms with Crippen LogP contribution in [0.3, 0.4) is 0 Å². The van der Waals surface area contributed by atoms with Crippen LogP contribution in [-0.2, 0) is 6.54 Å². The van der Waals surface area contributed by atoms with Gasteiger partial charge in [-0.25, -0.2) is 9.78 Å². The number of hydrogen-bond donors (Lipinski definition) is 2. The van der Waals surface area contributed by atoms with Crippen molar-refractivity contribution in [1.82, 2.24) is 19.5 Å². The maximum atomic E-state index is 12.2. The van der Waals surface area contributed by atoms with Gasteiger partial charge in [0.2, 0.25) is 5.88 Å². The highest BCUT2D eigenvalue weighted by atomic mass is 16.5. The van der Waals surface area contributed by atoms with E-state index in [0.29, 0.717) is 29.5 Å². The summed E-state index contributed by atoms with van der Waals surface area (Å²) in [6.07, 6.45) is 2.88. The molecule has 114 valence electrons. The fraction of sp³-hybridized carbons (Fsp3) is 0.400. The van der Waals surface area contributed by atoms with Gasteiger partial charge >= 0.3 is 5.69 Å². The fourth-order valence-corrected chi connectivity index (χ4v) is 3.11. The number of aromatic nitrogens is 4. The number of aliphatic hydroxyl groups is 1. The molecule has 0 spiro atoms. The summed E-state index contributed by atoms with van der Waals surface area (Å²) in [7, 11) is 1.56. The Bertz CT molecular complexity index is 908. The molecule has 7 nitrogen and oxygen atoms in total. The maximum absolute atomic E-state index is 12.2. The third kappa shape index (κ3) is 1.97. The second-order valence-corrected chi connectivity index (χ2v) is 5.78. The summed E-state index contributed by atoms with van der Waals surface area (Å²) in [6, 6.07) is 3.63. The van der Waals surface area contributed by atoms with E-state index in [1.54, 1.807) is 23.9 Å². The second-order valence-electron chi connectivity index (χ2n) is 5.78. The summed E-state index contributed by atoms with van der Waals surface area (Å²) < 4.78 is 6.84. The van der Waals surface area contributed by atoms with Crippen LogP contribution in [0, 0.1) is 5.92 Å². The molecule has 0 saturated heterocycles. The zero-order valence-corrected chi connectivity index (χ0v) is 12.1. The highest BCUT2D eigenvalue weighted by Gasteiger charge is 2.28. The van der Waals surface area contributed by atoms with E-state index in [2.05, 4.69) is 15.0 Å². The summed E-state index contributed by atoms with van der Waals surface area (Å²) >= 11 is 0. The van der Waals surface area contributed by atoms with Crippen molar-refractivity contribution in [2.24, 2.45) is 5.92 Å². The van der Waals surface area contributed by atoms with Crippen LogP contribution in [-0.4, -0.2) is 37.8 Å². The molecule has 0 aromatic carbocycles. The Balaban J connectivity index is 1.89. The molecule has 1 aliphatic carbocycles. The van der Waals surface area contributed by atoms with Crippen LogP contribution in [0.15, 0.2) is 23.1 Å². The molecule has 3 aromatic heterocycles. The summed E-state index contributed by atoms with van der Waals surface area (Å²) in [4.78, 5) is 23.7. The SMILES string of the molecule is COc1ccc2c(ncc3[nH]c(=O)n(CC4CC(O)C4)c32)n1. The van der Waals surface area contributed by atoms with Gasteiger partial charge < -0.3 is 14.8 Å². The Labute approximate surface area is 125 Å². The number of H-pyrrole nitrogens is 1. The lowest BCUT2D eigenvalue weighted by Crippen LogP contribution is -2.33. The predicted molar refractivity (Wildman–Crippen MR) is 80.9 cm³/mol. The Kier molecular flexibility index (Phi) is 2.90. The summed E-state index contributed by atoms with van der Waals surface area (Å²) in [5, 5.41) is 10.2. The molecule has 2 N–H and O–H groups in total. The predicted octanol–water partition coefficient (Wildman–Crippen LogP) is 1.05. The molecule has 0 aliphatic heterocycles. The van der Waals surface area contributed by atoms with Crippen molar-refractivity contribution in [3.8, 4) is 5.88 Å². The third-order valence-electron chi connectivity index (χ3n) is 4.29. The Morgan fingerprint density at radius 1 is 1.45 bits per heavy atom. The van der Waals surface area contributed by atoms with E-state index >= 15 is 0 Å². The molecule has 0 atom stereocenters. The molecular formula is C15H16N4O3. The normalized spacial score (nSPS) is 21.2. The van der Waals surface area contributed by atoms with Gasteiger partial charge in [0.05, 0.1) is 30.4 Å². The van der Waals surface area contributed by atoms with E-state index in [1.165, 1.54) is 0 Å². The Hall–Kier alpha value is -2.41. The molecule has 3 aromatic rings. The molecule has 0 amide bonds. The third-order valence-corrected chi connectivity index (χ3v) is 4.29. The lowest BCUT2D eigenvalue weighted by atomic mass is 9.82. The lowest BCUT2D eigenvalue weighted by Gasteiger charge is -2.31. The van der Waals surface area contributed by atoms with E-state index < -0.39 is 0 Å². The minimum Gasteiger partial charge on any atom is -0.481 e. The van der Waals surface area contributed by atoms with E-state index in [1.807, 2.05) is 6.07 Å². The van der Waals surface area contributed by atoms with Crippen LogP contribution in [0.1, 0.15) is 12.8 Å². The van der Waals surface area contributed by atoms with Gasteiger partial charge in [-0.15, -0.1) is 0 Å². The van der Waals surface area contributed by atoms with Crippen molar-refractivity contribution in [2.75, 3.05) is 7.11 Å². The lowest BCUT2D eigenvalue weighted by molar-refractivity contribution is 0.0353. The first-order chi connectivity index (χ1) is 10.7. The topological polar surface area (TPSA) is 93.0 Å². The van der Waals surface area contributed by atoms with E-state index in [-0.39, 0.29) is 11.8 Å². The zero-order chi connectivity index (χ0) is 15.3. The number of ether oxygens (including phenoxy) is 1. The van der Waals surface area contributed by atoms with Crippen LogP contribution in [0.4, 0.5) is 0 Å². The number of aromatic amines is 1. The standard InChI is InChI=1S/C15H16N4O3/c1-22-12-3-2-10-13-11(6-16-14(10)18-12)17-15(21)19(13)7-8-4-9(20)5-8/h2-3,6,8-9,20H,4-5,7H2,1H3,(H,17,21). The number of methoxy groups -OCH3 is 1. The molecule has 3 heterocycles. The number of imidazole rings is 1. The second kappa shape index (κ2) is 4.81. The van der Waals surface area contributed by atoms with Crippen LogP contribution in [0.25, 0.3) is 22.1 Å². The van der Waals surface area contributed by atoms with Crippen LogP contribution in [0.2, 0.25) is 0 Å². The number of fused-ring (bicyclic) bond motifs is 3. The molecule has 0 radical (unpaired) electrons. The molecule has 0 bridgehead atoms. The number of aliphatic hydroxyl groups excluding tert-OH is 1. The van der Waals surface area contributed by atoms with Crippen molar-refractivity contribution in [1.29, 1.82) is 0 Å². The maximum Gasteiger partial charge on any atom is 0.326 e. The molecule has 1 saturated carbocycles. The molecule has 1 aliphatic rings. The van der Waals surface area contributed by atoms with Crippen molar-refractivity contribution in [3.05, 3.63) is 28.8 Å². The first-order valence-electron chi connectivity index (χ1n) is 7.26. The van der Waals surface area contributed by atoms with Crippen molar-refractivity contribution >= 4 is 22.1 Å². The first-order valence-corrected chi connectivity index (χ1v) is 7.26. The number of nitrogens with zero attached hydrogens (tertiary/aromatic N) is 3. The average Bonchev–Trinajstić information content (AvgIpc) is 2.81. The quantitative estimate of drug-likeness (QED) is 0.754. The first kappa shape index (κ1) is 13.3. The van der Waals surface area contributed by atoms with Crippen LogP contribution >= 0.6 is 0 Å². The van der Waals surface area contributed by atoms with E-state index in [4.69, 9.17) is 4.74 Å². The highest BCUT2D eigenvalue weighted by Crippen LogP contribution is 2.30. The van der Waals surface area contributed by atoms with Gasteiger partial charge in [0.25, 0.3) is 0 Å². The monoisotopic (exact) mass is 300 g/mol. The van der Waals surface area contributed by atoms with Gasteiger partial charge in [-0.3, -0.25) is 4.57 Å². The fourth-order valence-electron chi connectivity index (χ4n) is 3.11. The van der Waals surface area contributed by atoms with E-state index in [9.17, 15) is 9.90 Å². The number of nitrogens with one attached hydrogen (secondary N) is 1. The molecule has 22 heavy (non-hydrogen) atoms. The Morgan fingerprint density at radius 2 is 2.27 bits per heavy atom. The van der Waals surface area contributed by atoms with Crippen LogP contribution < -0.4 is 10.4 Å². The van der Waals surface area contributed by atoms with E-state index in [0.717, 1.165) is 23.7 Å². The van der Waals surface area contributed by atoms with Gasteiger partial charge in [-0.1, -0.05) is 0 Å². The van der Waals surface area contributed by atoms with Crippen molar-refractivity contribution < 1.29 is 9.84 Å². The van der Waals surface area contributed by atoms with Crippen LogP contribution in [0.5, 0.6) is 5.88 Å². The van der Waals surface area contributed by atoms with Crippen molar-refractivity contribution in [3.63, 3.8) is 0 Å².